The zero-order chi connectivity index (χ0) is 18.1. The molecule has 9 nitrogen and oxygen atoms in total. The molecule has 1 aliphatic rings. The average molecular weight is 382 g/mol. The average Bonchev–Trinajstić information content (AvgIpc) is 2.52. The molecule has 1 fully saturated rings. The molecule has 0 saturated carbocycles. The predicted octanol–water partition coefficient (Wildman–Crippen LogP) is -0.877. The van der Waals surface area contributed by atoms with Gasteiger partial charge in [0.25, 0.3) is 0 Å². The number of aliphatic hydroxyl groups is 2. The van der Waals surface area contributed by atoms with Crippen LogP contribution in [0.3, 0.4) is 0 Å². The number of benzene rings is 1. The van der Waals surface area contributed by atoms with Gasteiger partial charge >= 0.3 is 18.0 Å². The SMILES string of the molecule is CO[C@H]1OC[C@@H](O)[C@H](O)[C@H]1OS(=O)(=O)S(=O)(=O)c1ccc(C)cc1. The van der Waals surface area contributed by atoms with Gasteiger partial charge in [0.2, 0.25) is 0 Å². The molecule has 0 aromatic heterocycles. The molecule has 1 aromatic rings. The van der Waals surface area contributed by atoms with E-state index in [0.29, 0.717) is 0 Å². The highest BCUT2D eigenvalue weighted by atomic mass is 33.2. The molecule has 1 heterocycles. The molecule has 136 valence electrons. The predicted molar refractivity (Wildman–Crippen MR) is 80.9 cm³/mol. The van der Waals surface area contributed by atoms with Crippen LogP contribution in [-0.2, 0) is 31.7 Å². The van der Waals surface area contributed by atoms with E-state index in [1.807, 2.05) is 0 Å². The van der Waals surface area contributed by atoms with Crippen LogP contribution in [0, 0.1) is 6.92 Å². The van der Waals surface area contributed by atoms with E-state index in [2.05, 4.69) is 4.18 Å². The van der Waals surface area contributed by atoms with E-state index in [-0.39, 0.29) is 6.61 Å². The van der Waals surface area contributed by atoms with Crippen molar-refractivity contribution < 1.29 is 40.7 Å². The Hall–Kier alpha value is -1.08. The lowest BCUT2D eigenvalue weighted by atomic mass is 10.1. The van der Waals surface area contributed by atoms with Crippen molar-refractivity contribution in [3.05, 3.63) is 29.8 Å². The van der Waals surface area contributed by atoms with Crippen molar-refractivity contribution in [3.8, 4) is 0 Å². The van der Waals surface area contributed by atoms with E-state index in [4.69, 9.17) is 9.47 Å². The molecule has 0 amide bonds. The van der Waals surface area contributed by atoms with Crippen LogP contribution in [0.5, 0.6) is 0 Å². The fraction of sp³-hybridized carbons (Fsp3) is 0.538. The van der Waals surface area contributed by atoms with Gasteiger partial charge in [-0.1, -0.05) is 17.7 Å². The summed E-state index contributed by atoms with van der Waals surface area (Å²) in [4.78, 5) is -0.478. The summed E-state index contributed by atoms with van der Waals surface area (Å²) in [6, 6.07) is 5.12. The molecule has 1 saturated heterocycles. The molecule has 1 aliphatic heterocycles. The zero-order valence-electron chi connectivity index (χ0n) is 12.9. The van der Waals surface area contributed by atoms with Gasteiger partial charge in [0.15, 0.2) is 12.4 Å². The first-order valence-electron chi connectivity index (χ1n) is 6.85. The first kappa shape index (κ1) is 19.2. The Balaban J connectivity index is 2.33. The van der Waals surface area contributed by atoms with E-state index in [1.165, 1.54) is 12.1 Å². The lowest BCUT2D eigenvalue weighted by Crippen LogP contribution is -2.55. The molecule has 0 aliphatic carbocycles. The van der Waals surface area contributed by atoms with Crippen molar-refractivity contribution >= 4 is 18.0 Å². The maximum absolute atomic E-state index is 12.3. The molecule has 0 radical (unpaired) electrons. The lowest BCUT2D eigenvalue weighted by molar-refractivity contribution is -0.253. The molecular weight excluding hydrogens is 364 g/mol. The normalized spacial score (nSPS) is 28.7. The van der Waals surface area contributed by atoms with E-state index < -0.39 is 47.5 Å². The standard InChI is InChI=1S/C13H18O9S2/c1-8-3-5-9(6-4-8)23(16,17)24(18,19)22-12-11(15)10(14)7-21-13(12)20-2/h3-6,10-15H,7H2,1-2H3/t10-,11+,12-,13+/m1/s1. The second kappa shape index (κ2) is 7.04. The van der Waals surface area contributed by atoms with E-state index in [9.17, 15) is 27.0 Å². The fourth-order valence-corrected chi connectivity index (χ4v) is 4.99. The Morgan fingerprint density at radius 1 is 1.12 bits per heavy atom. The van der Waals surface area contributed by atoms with Crippen LogP contribution in [0.25, 0.3) is 0 Å². The lowest BCUT2D eigenvalue weighted by Gasteiger charge is -2.36. The molecule has 1 aromatic carbocycles. The Kier molecular flexibility index (Phi) is 5.64. The summed E-state index contributed by atoms with van der Waals surface area (Å²) in [5.41, 5.74) is 0.742. The summed E-state index contributed by atoms with van der Waals surface area (Å²) in [7, 11) is -8.91. The molecule has 0 bridgehead atoms. The van der Waals surface area contributed by atoms with Gasteiger partial charge in [0.1, 0.15) is 12.2 Å². The third kappa shape index (κ3) is 3.61. The molecule has 11 heteroatoms. The number of aryl methyl sites for hydroxylation is 1. The summed E-state index contributed by atoms with van der Waals surface area (Å²) in [5, 5.41) is 19.4. The highest BCUT2D eigenvalue weighted by Gasteiger charge is 2.46. The van der Waals surface area contributed by atoms with Crippen molar-refractivity contribution in [2.45, 2.75) is 36.4 Å². The van der Waals surface area contributed by atoms with Crippen LogP contribution in [0.2, 0.25) is 0 Å². The maximum atomic E-state index is 12.3. The summed E-state index contributed by atoms with van der Waals surface area (Å²) in [5.74, 6) is 0. The Bertz CT molecular complexity index is 768. The minimum absolute atomic E-state index is 0.315. The number of aliphatic hydroxyl groups excluding tert-OH is 2. The summed E-state index contributed by atoms with van der Waals surface area (Å²) < 4.78 is 63.4. The number of hydrogen-bond acceptors (Lipinski definition) is 9. The number of rotatable bonds is 5. The Morgan fingerprint density at radius 3 is 2.25 bits per heavy atom. The van der Waals surface area contributed by atoms with Gasteiger partial charge in [-0.3, -0.25) is 0 Å². The Labute approximate surface area is 139 Å². The van der Waals surface area contributed by atoms with Crippen LogP contribution in [-0.4, -0.2) is 65.4 Å². The molecule has 24 heavy (non-hydrogen) atoms. The van der Waals surface area contributed by atoms with Crippen molar-refractivity contribution in [1.29, 1.82) is 0 Å². The van der Waals surface area contributed by atoms with Crippen molar-refractivity contribution in [1.82, 2.24) is 0 Å². The maximum Gasteiger partial charge on any atom is 0.380 e. The third-order valence-electron chi connectivity index (χ3n) is 3.47. The van der Waals surface area contributed by atoms with Crippen LogP contribution in [0.1, 0.15) is 5.56 Å². The highest BCUT2D eigenvalue weighted by molar-refractivity contribution is 8.65. The molecule has 0 spiro atoms. The monoisotopic (exact) mass is 382 g/mol. The number of methoxy groups -OCH3 is 1. The smallest absolute Gasteiger partial charge is 0.380 e. The van der Waals surface area contributed by atoms with Gasteiger partial charge in [0.05, 0.1) is 11.5 Å². The van der Waals surface area contributed by atoms with Crippen molar-refractivity contribution in [2.24, 2.45) is 0 Å². The molecule has 4 atom stereocenters. The van der Waals surface area contributed by atoms with Crippen LogP contribution >= 0.6 is 0 Å². The van der Waals surface area contributed by atoms with Gasteiger partial charge in [0, 0.05) is 7.11 Å². The minimum atomic E-state index is -5.18. The number of hydrogen-bond donors (Lipinski definition) is 2. The number of ether oxygens (including phenoxy) is 2. The highest BCUT2D eigenvalue weighted by Crippen LogP contribution is 2.26. The van der Waals surface area contributed by atoms with Crippen LogP contribution in [0.15, 0.2) is 29.2 Å². The second-order valence-corrected chi connectivity index (χ2v) is 10.2. The zero-order valence-corrected chi connectivity index (χ0v) is 14.5. The van der Waals surface area contributed by atoms with Gasteiger partial charge < -0.3 is 19.7 Å². The molecular formula is C13H18O9S2. The molecule has 2 N–H and O–H groups in total. The van der Waals surface area contributed by atoms with Gasteiger partial charge in [-0.25, -0.2) is 12.6 Å². The van der Waals surface area contributed by atoms with Crippen molar-refractivity contribution in [3.63, 3.8) is 0 Å². The minimum Gasteiger partial charge on any atom is -0.388 e. The first-order valence-corrected chi connectivity index (χ1v) is 10.3. The largest absolute Gasteiger partial charge is 0.388 e. The fourth-order valence-electron chi connectivity index (χ4n) is 2.08. The third-order valence-corrected chi connectivity index (χ3v) is 7.74. The molecule has 0 unspecified atom stereocenters. The van der Waals surface area contributed by atoms with Crippen LogP contribution in [0.4, 0.5) is 0 Å². The quantitative estimate of drug-likeness (QED) is 0.622. The first-order chi connectivity index (χ1) is 11.1. The summed E-state index contributed by atoms with van der Waals surface area (Å²) in [6.07, 6.45) is -6.24. The van der Waals surface area contributed by atoms with E-state index >= 15 is 0 Å². The summed E-state index contributed by atoms with van der Waals surface area (Å²) >= 11 is 0. The Morgan fingerprint density at radius 2 is 1.71 bits per heavy atom. The topological polar surface area (TPSA) is 136 Å². The van der Waals surface area contributed by atoms with E-state index in [1.54, 1.807) is 6.92 Å². The van der Waals surface area contributed by atoms with Gasteiger partial charge in [-0.15, -0.1) is 0 Å². The second-order valence-electron chi connectivity index (χ2n) is 5.23. The van der Waals surface area contributed by atoms with Gasteiger partial charge in [-0.05, 0) is 19.1 Å². The van der Waals surface area contributed by atoms with E-state index in [0.717, 1.165) is 24.8 Å². The summed E-state index contributed by atoms with van der Waals surface area (Å²) in [6.45, 7) is 1.39. The molecule has 2 rings (SSSR count). The van der Waals surface area contributed by atoms with Crippen LogP contribution < -0.4 is 0 Å². The van der Waals surface area contributed by atoms with Crippen molar-refractivity contribution in [2.75, 3.05) is 13.7 Å². The van der Waals surface area contributed by atoms with Gasteiger partial charge in [-0.2, -0.15) is 8.42 Å².